The lowest BCUT2D eigenvalue weighted by molar-refractivity contribution is -0.116. The van der Waals surface area contributed by atoms with Crippen LogP contribution in [0.15, 0.2) is 0 Å². The van der Waals surface area contributed by atoms with Gasteiger partial charge in [-0.3, -0.25) is 9.48 Å². The first-order valence-electron chi connectivity index (χ1n) is 6.21. The van der Waals surface area contributed by atoms with Crippen LogP contribution in [-0.2, 0) is 24.7 Å². The van der Waals surface area contributed by atoms with Gasteiger partial charge in [-0.05, 0) is 39.3 Å². The van der Waals surface area contributed by atoms with Gasteiger partial charge in [0.25, 0.3) is 0 Å². The van der Waals surface area contributed by atoms with Crippen molar-refractivity contribution in [3.63, 3.8) is 0 Å². The van der Waals surface area contributed by atoms with E-state index in [0.717, 1.165) is 43.7 Å². The first-order valence-corrected chi connectivity index (χ1v) is 6.21. The molecule has 102 valence electrons. The molecule has 5 nitrogen and oxygen atoms in total. The number of rotatable bonds is 5. The van der Waals surface area contributed by atoms with Crippen LogP contribution in [0.2, 0.25) is 0 Å². The van der Waals surface area contributed by atoms with Crippen LogP contribution in [0.1, 0.15) is 30.5 Å². The van der Waals surface area contributed by atoms with Crippen LogP contribution in [-0.4, -0.2) is 29.3 Å². The molecule has 1 aromatic rings. The fourth-order valence-corrected chi connectivity index (χ4v) is 2.30. The lowest BCUT2D eigenvalue weighted by atomic mass is 10.2. The molecule has 0 bridgehead atoms. The van der Waals surface area contributed by atoms with Gasteiger partial charge in [0.1, 0.15) is 5.82 Å². The minimum absolute atomic E-state index is 0. The number of carbonyl (C=O) groups excluding carboxylic acids is 1. The first kappa shape index (κ1) is 15.0. The van der Waals surface area contributed by atoms with Gasteiger partial charge in [0.05, 0.1) is 5.69 Å². The summed E-state index contributed by atoms with van der Waals surface area (Å²) in [6.07, 6.45) is 4.65. The number of amides is 1. The number of nitrogens with one attached hydrogen (secondary N) is 2. The maximum absolute atomic E-state index is 11.8. The van der Waals surface area contributed by atoms with Crippen molar-refractivity contribution in [3.05, 3.63) is 11.3 Å². The lowest BCUT2D eigenvalue weighted by Gasteiger charge is -2.07. The van der Waals surface area contributed by atoms with E-state index in [2.05, 4.69) is 15.7 Å². The summed E-state index contributed by atoms with van der Waals surface area (Å²) >= 11 is 0. The van der Waals surface area contributed by atoms with Gasteiger partial charge in [-0.2, -0.15) is 5.10 Å². The number of hydrogen-bond donors (Lipinski definition) is 2. The van der Waals surface area contributed by atoms with Crippen molar-refractivity contribution in [2.24, 2.45) is 7.05 Å². The molecule has 1 aliphatic rings. The zero-order valence-electron chi connectivity index (χ0n) is 11.0. The Morgan fingerprint density at radius 1 is 1.44 bits per heavy atom. The molecule has 1 aliphatic carbocycles. The van der Waals surface area contributed by atoms with Gasteiger partial charge >= 0.3 is 0 Å². The molecule has 0 unspecified atom stereocenters. The number of carbonyl (C=O) groups is 1. The van der Waals surface area contributed by atoms with E-state index in [1.54, 1.807) is 4.68 Å². The Morgan fingerprint density at radius 3 is 2.94 bits per heavy atom. The van der Waals surface area contributed by atoms with Gasteiger partial charge in [-0.1, -0.05) is 0 Å². The average Bonchev–Trinajstić information content (AvgIpc) is 2.83. The Bertz CT molecular complexity index is 416. The van der Waals surface area contributed by atoms with E-state index in [-0.39, 0.29) is 18.3 Å². The van der Waals surface area contributed by atoms with Crippen molar-refractivity contribution < 1.29 is 4.79 Å². The third kappa shape index (κ3) is 3.23. The molecule has 0 saturated heterocycles. The van der Waals surface area contributed by atoms with Crippen LogP contribution in [0.4, 0.5) is 5.82 Å². The van der Waals surface area contributed by atoms with Crippen molar-refractivity contribution in [1.29, 1.82) is 0 Å². The molecule has 1 aromatic heterocycles. The second-order valence-electron chi connectivity index (χ2n) is 4.51. The van der Waals surface area contributed by atoms with Gasteiger partial charge in [-0.25, -0.2) is 0 Å². The molecule has 2 N–H and O–H groups in total. The molecule has 0 radical (unpaired) electrons. The summed E-state index contributed by atoms with van der Waals surface area (Å²) < 4.78 is 1.79. The molecule has 1 amide bonds. The molecule has 0 atom stereocenters. The standard InChI is InChI=1S/C12H20N4O.ClH/c1-13-8-4-7-11(17)14-12-9-5-3-6-10(9)15-16(12)2;/h13H,3-8H2,1-2H3,(H,14,17);1H. The Labute approximate surface area is 114 Å². The molecule has 0 aromatic carbocycles. The van der Waals surface area contributed by atoms with Crippen molar-refractivity contribution in [2.75, 3.05) is 18.9 Å². The highest BCUT2D eigenvalue weighted by Gasteiger charge is 2.21. The molecule has 2 rings (SSSR count). The van der Waals surface area contributed by atoms with Crippen LogP contribution in [0.3, 0.4) is 0 Å². The highest BCUT2D eigenvalue weighted by Crippen LogP contribution is 2.27. The topological polar surface area (TPSA) is 59.0 Å². The number of fused-ring (bicyclic) bond motifs is 1. The molecule has 0 fully saturated rings. The molecule has 0 spiro atoms. The Kier molecular flexibility index (Phi) is 5.62. The van der Waals surface area contributed by atoms with E-state index in [9.17, 15) is 4.79 Å². The van der Waals surface area contributed by atoms with E-state index < -0.39 is 0 Å². The fourth-order valence-electron chi connectivity index (χ4n) is 2.30. The summed E-state index contributed by atoms with van der Waals surface area (Å²) in [5.41, 5.74) is 2.38. The van der Waals surface area contributed by atoms with Gasteiger partial charge in [0.15, 0.2) is 0 Å². The van der Waals surface area contributed by atoms with Crippen LogP contribution >= 0.6 is 12.4 Å². The normalized spacial score (nSPS) is 13.0. The summed E-state index contributed by atoms with van der Waals surface area (Å²) in [5.74, 6) is 0.977. The first-order chi connectivity index (χ1) is 8.22. The monoisotopic (exact) mass is 272 g/mol. The highest BCUT2D eigenvalue weighted by molar-refractivity contribution is 5.90. The van der Waals surface area contributed by atoms with E-state index >= 15 is 0 Å². The predicted molar refractivity (Wildman–Crippen MR) is 74.3 cm³/mol. The molecule has 18 heavy (non-hydrogen) atoms. The molecular formula is C12H21ClN4O. The minimum atomic E-state index is 0. The van der Waals surface area contributed by atoms with Gasteiger partial charge in [0.2, 0.25) is 5.91 Å². The number of halogens is 1. The second-order valence-corrected chi connectivity index (χ2v) is 4.51. The summed E-state index contributed by atoms with van der Waals surface area (Å²) in [6.45, 7) is 0.872. The van der Waals surface area contributed by atoms with Crippen LogP contribution in [0, 0.1) is 0 Å². The quantitative estimate of drug-likeness (QED) is 0.794. The van der Waals surface area contributed by atoms with Crippen molar-refractivity contribution >= 4 is 24.1 Å². The second kappa shape index (κ2) is 6.75. The maximum Gasteiger partial charge on any atom is 0.225 e. The van der Waals surface area contributed by atoms with E-state index in [0.29, 0.717) is 6.42 Å². The Hall–Kier alpha value is -1.07. The molecule has 0 saturated carbocycles. The number of hydrogen-bond acceptors (Lipinski definition) is 3. The zero-order valence-corrected chi connectivity index (χ0v) is 11.8. The Balaban J connectivity index is 0.00000162. The van der Waals surface area contributed by atoms with Crippen molar-refractivity contribution in [1.82, 2.24) is 15.1 Å². The number of nitrogens with zero attached hydrogens (tertiary/aromatic N) is 2. The predicted octanol–water partition coefficient (Wildman–Crippen LogP) is 1.27. The smallest absolute Gasteiger partial charge is 0.225 e. The molecule has 1 heterocycles. The van der Waals surface area contributed by atoms with Gasteiger partial charge in [-0.15, -0.1) is 12.4 Å². The number of aryl methyl sites for hydroxylation is 2. The highest BCUT2D eigenvalue weighted by atomic mass is 35.5. The fraction of sp³-hybridized carbons (Fsp3) is 0.667. The number of aromatic nitrogens is 2. The summed E-state index contributed by atoms with van der Waals surface area (Å²) in [4.78, 5) is 11.8. The SMILES string of the molecule is CNCCCC(=O)Nc1c2c(nn1C)CCC2.Cl. The largest absolute Gasteiger partial charge is 0.320 e. The molecular weight excluding hydrogens is 252 g/mol. The van der Waals surface area contributed by atoms with Gasteiger partial charge < -0.3 is 10.6 Å². The minimum Gasteiger partial charge on any atom is -0.320 e. The van der Waals surface area contributed by atoms with E-state index in [1.165, 1.54) is 5.56 Å². The average molecular weight is 273 g/mol. The third-order valence-corrected chi connectivity index (χ3v) is 3.16. The van der Waals surface area contributed by atoms with Crippen molar-refractivity contribution in [2.45, 2.75) is 32.1 Å². The molecule has 6 heteroatoms. The molecule has 0 aliphatic heterocycles. The summed E-state index contributed by atoms with van der Waals surface area (Å²) in [5, 5.41) is 10.5. The number of anilines is 1. The van der Waals surface area contributed by atoms with Crippen LogP contribution in [0.25, 0.3) is 0 Å². The van der Waals surface area contributed by atoms with Gasteiger partial charge in [0, 0.05) is 19.0 Å². The van der Waals surface area contributed by atoms with E-state index in [4.69, 9.17) is 0 Å². The van der Waals surface area contributed by atoms with Crippen LogP contribution in [0.5, 0.6) is 0 Å². The third-order valence-electron chi connectivity index (χ3n) is 3.16. The summed E-state index contributed by atoms with van der Waals surface area (Å²) in [7, 11) is 3.79. The summed E-state index contributed by atoms with van der Waals surface area (Å²) in [6, 6.07) is 0. The zero-order chi connectivity index (χ0) is 12.3. The van der Waals surface area contributed by atoms with Crippen molar-refractivity contribution in [3.8, 4) is 0 Å². The van der Waals surface area contributed by atoms with E-state index in [1.807, 2.05) is 14.1 Å². The maximum atomic E-state index is 11.8. The Morgan fingerprint density at radius 2 is 2.22 bits per heavy atom. The lowest BCUT2D eigenvalue weighted by Crippen LogP contribution is -2.17. The van der Waals surface area contributed by atoms with Crippen LogP contribution < -0.4 is 10.6 Å².